The molecule has 3 aromatic rings. The van der Waals surface area contributed by atoms with E-state index in [0.717, 1.165) is 17.0 Å². The molecule has 0 saturated carbocycles. The first-order valence-electron chi connectivity index (χ1n) is 6.87. The molecular formula is C17H14BNOS. The van der Waals surface area contributed by atoms with E-state index in [1.165, 1.54) is 32.6 Å². The number of methoxy groups -OCH3 is 1. The zero-order valence-corrected chi connectivity index (χ0v) is 12.8. The normalized spacial score (nSPS) is 13.0. The molecule has 102 valence electrons. The lowest BCUT2D eigenvalue weighted by atomic mass is 9.94. The summed E-state index contributed by atoms with van der Waals surface area (Å²) in [4.78, 5) is 1.26. The van der Waals surface area contributed by atoms with Crippen LogP contribution in [0.3, 0.4) is 0 Å². The van der Waals surface area contributed by atoms with Crippen LogP contribution in [0, 0.1) is 0 Å². The fourth-order valence-electron chi connectivity index (χ4n) is 3.12. The van der Waals surface area contributed by atoms with Crippen LogP contribution in [0.4, 0.5) is 0 Å². The molecule has 4 rings (SSSR count). The molecule has 0 bridgehead atoms. The van der Waals surface area contributed by atoms with Gasteiger partial charge in [-0.05, 0) is 23.8 Å². The highest BCUT2D eigenvalue weighted by molar-refractivity contribution is 7.98. The van der Waals surface area contributed by atoms with Crippen molar-refractivity contribution in [2.75, 3.05) is 7.11 Å². The maximum Gasteiger partial charge on any atom is 0.119 e. The van der Waals surface area contributed by atoms with Gasteiger partial charge in [-0.15, -0.1) is 11.8 Å². The van der Waals surface area contributed by atoms with Crippen molar-refractivity contribution in [3.05, 3.63) is 42.0 Å². The number of nitrogens with zero attached hydrogens (tertiary/aromatic N) is 1. The van der Waals surface area contributed by atoms with Gasteiger partial charge in [-0.2, -0.15) is 0 Å². The Balaban J connectivity index is 2.06. The van der Waals surface area contributed by atoms with E-state index >= 15 is 0 Å². The second kappa shape index (κ2) is 4.60. The number of rotatable bonds is 1. The third-order valence-electron chi connectivity index (χ3n) is 4.14. The molecule has 21 heavy (non-hydrogen) atoms. The molecule has 0 amide bonds. The van der Waals surface area contributed by atoms with Gasteiger partial charge >= 0.3 is 0 Å². The van der Waals surface area contributed by atoms with Gasteiger partial charge < -0.3 is 9.30 Å². The van der Waals surface area contributed by atoms with Gasteiger partial charge in [0.15, 0.2) is 0 Å². The van der Waals surface area contributed by atoms with Crippen LogP contribution in [-0.4, -0.2) is 19.5 Å². The Morgan fingerprint density at radius 1 is 1.19 bits per heavy atom. The summed E-state index contributed by atoms with van der Waals surface area (Å²) >= 11 is 1.85. The maximum absolute atomic E-state index is 5.92. The van der Waals surface area contributed by atoms with Crippen LogP contribution in [-0.2, 0) is 12.8 Å². The first kappa shape index (κ1) is 12.9. The van der Waals surface area contributed by atoms with Crippen molar-refractivity contribution in [1.29, 1.82) is 0 Å². The van der Waals surface area contributed by atoms with Crippen molar-refractivity contribution in [1.82, 2.24) is 4.57 Å². The summed E-state index contributed by atoms with van der Waals surface area (Å²) in [5, 5.41) is 1.28. The van der Waals surface area contributed by atoms with Crippen LogP contribution in [0.25, 0.3) is 22.2 Å². The molecule has 0 spiro atoms. The summed E-state index contributed by atoms with van der Waals surface area (Å²) in [5.74, 6) is 1.88. The van der Waals surface area contributed by atoms with E-state index in [1.807, 2.05) is 23.9 Å². The number of aromatic nitrogens is 1. The number of ether oxygens (including phenoxy) is 1. The molecule has 4 heteroatoms. The Kier molecular flexibility index (Phi) is 2.83. The minimum absolute atomic E-state index is 0.824. The van der Waals surface area contributed by atoms with Crippen LogP contribution in [0.2, 0.25) is 0 Å². The first-order chi connectivity index (χ1) is 10.2. The van der Waals surface area contributed by atoms with E-state index in [4.69, 9.17) is 12.6 Å². The number of benzene rings is 2. The predicted octanol–water partition coefficient (Wildman–Crippen LogP) is 3.25. The summed E-state index contributed by atoms with van der Waals surface area (Å²) in [5.41, 5.74) is 6.02. The lowest BCUT2D eigenvalue weighted by Crippen LogP contribution is -2.06. The van der Waals surface area contributed by atoms with Crippen LogP contribution in [0.5, 0.6) is 5.75 Å². The van der Waals surface area contributed by atoms with Gasteiger partial charge in [0.05, 0.1) is 12.8 Å². The minimum atomic E-state index is 0.824. The highest BCUT2D eigenvalue weighted by atomic mass is 32.2. The van der Waals surface area contributed by atoms with Crippen molar-refractivity contribution in [3.63, 3.8) is 0 Å². The Morgan fingerprint density at radius 2 is 2.05 bits per heavy atom. The van der Waals surface area contributed by atoms with Gasteiger partial charge in [-0.1, -0.05) is 23.7 Å². The second-order valence-electron chi connectivity index (χ2n) is 5.31. The van der Waals surface area contributed by atoms with Gasteiger partial charge in [0.1, 0.15) is 13.6 Å². The number of aryl methyl sites for hydroxylation is 1. The molecule has 0 saturated heterocycles. The Bertz CT molecular complexity index is 869. The van der Waals surface area contributed by atoms with Crippen molar-refractivity contribution in [2.24, 2.45) is 7.05 Å². The highest BCUT2D eigenvalue weighted by Gasteiger charge is 2.23. The van der Waals surface area contributed by atoms with E-state index in [1.54, 1.807) is 7.11 Å². The summed E-state index contributed by atoms with van der Waals surface area (Å²) in [6.07, 6.45) is 0. The van der Waals surface area contributed by atoms with E-state index in [9.17, 15) is 0 Å². The zero-order chi connectivity index (χ0) is 14.6. The highest BCUT2D eigenvalue weighted by Crippen LogP contribution is 2.45. The standard InChI is InChI=1S/C17H14BNOS/c1-19-15-6-4-11(20-2)8-13(15)14-9-21-16-7-10(18)3-5-12(16)17(14)19/h3-8H,9H2,1-2H3. The summed E-state index contributed by atoms with van der Waals surface area (Å²) < 4.78 is 7.65. The van der Waals surface area contributed by atoms with Gasteiger partial charge in [-0.3, -0.25) is 0 Å². The summed E-state index contributed by atoms with van der Waals surface area (Å²) in [6.45, 7) is 0. The average Bonchev–Trinajstić information content (AvgIpc) is 2.79. The Morgan fingerprint density at radius 3 is 2.86 bits per heavy atom. The summed E-state index contributed by atoms with van der Waals surface area (Å²) in [6, 6.07) is 12.5. The molecule has 1 aliphatic rings. The largest absolute Gasteiger partial charge is 0.497 e. The fourth-order valence-corrected chi connectivity index (χ4v) is 4.25. The monoisotopic (exact) mass is 291 g/mol. The third-order valence-corrected chi connectivity index (χ3v) is 5.23. The minimum Gasteiger partial charge on any atom is -0.497 e. The van der Waals surface area contributed by atoms with E-state index < -0.39 is 0 Å². The van der Waals surface area contributed by atoms with E-state index in [0.29, 0.717) is 0 Å². The van der Waals surface area contributed by atoms with Crippen LogP contribution >= 0.6 is 11.8 Å². The van der Waals surface area contributed by atoms with Gasteiger partial charge in [-0.25, -0.2) is 0 Å². The molecule has 0 atom stereocenters. The average molecular weight is 291 g/mol. The van der Waals surface area contributed by atoms with Crippen LogP contribution in [0.1, 0.15) is 5.56 Å². The number of hydrogen-bond acceptors (Lipinski definition) is 2. The molecule has 0 unspecified atom stereocenters. The number of fused-ring (bicyclic) bond motifs is 5. The maximum atomic E-state index is 5.92. The quantitative estimate of drug-likeness (QED) is 0.639. The number of thioether (sulfide) groups is 1. The molecule has 0 aliphatic carbocycles. The third kappa shape index (κ3) is 1.82. The van der Waals surface area contributed by atoms with E-state index in [-0.39, 0.29) is 0 Å². The molecule has 1 aliphatic heterocycles. The molecular weight excluding hydrogens is 277 g/mol. The van der Waals surface area contributed by atoms with Crippen molar-refractivity contribution in [3.8, 4) is 17.0 Å². The lowest BCUT2D eigenvalue weighted by molar-refractivity contribution is 0.415. The zero-order valence-electron chi connectivity index (χ0n) is 12.0. The Hall–Kier alpha value is -1.81. The fraction of sp³-hybridized carbons (Fsp3) is 0.176. The topological polar surface area (TPSA) is 14.2 Å². The van der Waals surface area contributed by atoms with Gasteiger partial charge in [0.25, 0.3) is 0 Å². The van der Waals surface area contributed by atoms with E-state index in [2.05, 4.69) is 35.9 Å². The smallest absolute Gasteiger partial charge is 0.119 e. The van der Waals surface area contributed by atoms with Crippen molar-refractivity contribution >= 4 is 36.0 Å². The molecule has 2 nitrogen and oxygen atoms in total. The number of hydrogen-bond donors (Lipinski definition) is 0. The van der Waals surface area contributed by atoms with Crippen molar-refractivity contribution in [2.45, 2.75) is 10.6 Å². The van der Waals surface area contributed by atoms with Crippen molar-refractivity contribution < 1.29 is 4.74 Å². The van der Waals surface area contributed by atoms with Crippen LogP contribution < -0.4 is 10.2 Å². The molecule has 2 radical (unpaired) electrons. The Labute approximate surface area is 129 Å². The molecule has 2 aromatic carbocycles. The van der Waals surface area contributed by atoms with Gasteiger partial charge in [0, 0.05) is 34.2 Å². The molecule has 0 N–H and O–H groups in total. The first-order valence-corrected chi connectivity index (χ1v) is 7.85. The second-order valence-corrected chi connectivity index (χ2v) is 6.33. The van der Waals surface area contributed by atoms with Crippen LogP contribution in [0.15, 0.2) is 41.3 Å². The summed E-state index contributed by atoms with van der Waals surface area (Å²) in [7, 11) is 9.76. The molecule has 0 fully saturated rings. The SMILES string of the molecule is [B]c1ccc2c(c1)SCc1c-2n(C)c2ccc(OC)cc12. The predicted molar refractivity (Wildman–Crippen MR) is 89.9 cm³/mol. The lowest BCUT2D eigenvalue weighted by Gasteiger charge is -2.18. The molecule has 1 aromatic heterocycles. The molecule has 2 heterocycles. The van der Waals surface area contributed by atoms with Gasteiger partial charge in [0.2, 0.25) is 0 Å².